The van der Waals surface area contributed by atoms with Gasteiger partial charge in [-0.2, -0.15) is 10.1 Å². The molecule has 9 heteroatoms. The number of nitrogens with one attached hydrogen (secondary N) is 2. The number of carbonyl (C=O) groups excluding carboxylic acids is 1. The molecule has 0 atom stereocenters. The summed E-state index contributed by atoms with van der Waals surface area (Å²) in [6.45, 7) is 2.54. The molecule has 4 rings (SSSR count). The van der Waals surface area contributed by atoms with Crippen LogP contribution >= 0.6 is 0 Å². The summed E-state index contributed by atoms with van der Waals surface area (Å²) >= 11 is 0. The first-order valence-corrected chi connectivity index (χ1v) is 9.53. The molecule has 1 aliphatic rings. The molecule has 146 valence electrons. The van der Waals surface area contributed by atoms with E-state index in [0.29, 0.717) is 29.5 Å². The summed E-state index contributed by atoms with van der Waals surface area (Å²) < 4.78 is 1.61. The maximum absolute atomic E-state index is 12.8. The van der Waals surface area contributed by atoms with Gasteiger partial charge in [-0.15, -0.1) is 0 Å². The average molecular weight is 381 g/mol. The van der Waals surface area contributed by atoms with Gasteiger partial charge < -0.3 is 10.4 Å². The third kappa shape index (κ3) is 3.79. The second-order valence-electron chi connectivity index (χ2n) is 6.94. The summed E-state index contributed by atoms with van der Waals surface area (Å²) in [5, 5.41) is 20.6. The van der Waals surface area contributed by atoms with Crippen molar-refractivity contribution in [3.05, 3.63) is 36.3 Å². The van der Waals surface area contributed by atoms with Gasteiger partial charge in [-0.3, -0.25) is 10.1 Å². The van der Waals surface area contributed by atoms with E-state index in [2.05, 4.69) is 30.7 Å². The zero-order chi connectivity index (χ0) is 19.5. The van der Waals surface area contributed by atoms with Gasteiger partial charge >= 0.3 is 0 Å². The van der Waals surface area contributed by atoms with E-state index < -0.39 is 0 Å². The van der Waals surface area contributed by atoms with Gasteiger partial charge in [-0.05, 0) is 38.7 Å². The number of anilines is 2. The van der Waals surface area contributed by atoms with Crippen LogP contribution in [-0.2, 0) is 6.54 Å². The highest BCUT2D eigenvalue weighted by molar-refractivity contribution is 6.11. The fraction of sp³-hybridized carbons (Fsp3) is 0.421. The van der Waals surface area contributed by atoms with Crippen LogP contribution in [0.1, 0.15) is 43.0 Å². The number of aromatic nitrogens is 5. The molecule has 0 saturated heterocycles. The minimum absolute atomic E-state index is 0.212. The second kappa shape index (κ2) is 7.89. The van der Waals surface area contributed by atoms with Crippen molar-refractivity contribution in [2.75, 3.05) is 10.6 Å². The number of carbonyl (C=O) groups is 1. The van der Waals surface area contributed by atoms with Crippen molar-refractivity contribution in [2.24, 2.45) is 0 Å². The van der Waals surface area contributed by atoms with Gasteiger partial charge in [0, 0.05) is 24.2 Å². The number of aliphatic hydroxyl groups is 1. The molecule has 0 radical (unpaired) electrons. The number of hydrogen-bond donors (Lipinski definition) is 3. The van der Waals surface area contributed by atoms with E-state index in [0.717, 1.165) is 31.1 Å². The molecular formula is C19H23N7O2. The molecule has 28 heavy (non-hydrogen) atoms. The Balaban J connectivity index is 1.58. The fourth-order valence-electron chi connectivity index (χ4n) is 3.47. The molecule has 1 fully saturated rings. The van der Waals surface area contributed by atoms with Crippen LogP contribution < -0.4 is 10.6 Å². The van der Waals surface area contributed by atoms with Crippen molar-refractivity contribution < 1.29 is 9.90 Å². The lowest BCUT2D eigenvalue weighted by Crippen LogP contribution is -2.29. The smallest absolute Gasteiger partial charge is 0.260 e. The molecule has 0 bridgehead atoms. The van der Waals surface area contributed by atoms with Crippen molar-refractivity contribution in [3.63, 3.8) is 0 Å². The number of fused-ring (bicyclic) bond motifs is 1. The van der Waals surface area contributed by atoms with Crippen LogP contribution in [0.15, 0.2) is 30.7 Å². The van der Waals surface area contributed by atoms with Crippen molar-refractivity contribution in [1.29, 1.82) is 0 Å². The number of nitrogens with zero attached hydrogens (tertiary/aromatic N) is 5. The molecule has 0 unspecified atom stereocenters. The van der Waals surface area contributed by atoms with Crippen molar-refractivity contribution in [3.8, 4) is 0 Å². The van der Waals surface area contributed by atoms with Crippen molar-refractivity contribution in [2.45, 2.75) is 51.3 Å². The highest BCUT2D eigenvalue weighted by atomic mass is 16.3. The van der Waals surface area contributed by atoms with Crippen LogP contribution in [0.4, 0.5) is 11.9 Å². The number of aliphatic hydroxyl groups excluding tert-OH is 1. The third-order valence-electron chi connectivity index (χ3n) is 5.03. The lowest BCUT2D eigenvalue weighted by Gasteiger charge is -2.26. The first kappa shape index (κ1) is 18.3. The van der Waals surface area contributed by atoms with Gasteiger partial charge in [0.15, 0.2) is 0 Å². The van der Waals surface area contributed by atoms with Crippen molar-refractivity contribution in [1.82, 2.24) is 24.7 Å². The maximum Gasteiger partial charge on any atom is 0.260 e. The Hall–Kier alpha value is -3.07. The van der Waals surface area contributed by atoms with E-state index in [9.17, 15) is 9.90 Å². The monoisotopic (exact) mass is 381 g/mol. The lowest BCUT2D eigenvalue weighted by atomic mass is 9.93. The number of para-hydroxylation sites is 1. The van der Waals surface area contributed by atoms with E-state index in [4.69, 9.17) is 0 Å². The minimum atomic E-state index is -0.293. The van der Waals surface area contributed by atoms with Crippen LogP contribution in [0.3, 0.4) is 0 Å². The van der Waals surface area contributed by atoms with Gasteiger partial charge in [0.05, 0.1) is 17.2 Å². The first-order valence-electron chi connectivity index (χ1n) is 9.53. The predicted octanol–water partition coefficient (Wildman–Crippen LogP) is 2.21. The van der Waals surface area contributed by atoms with Crippen molar-refractivity contribution >= 4 is 28.7 Å². The highest BCUT2D eigenvalue weighted by Gasteiger charge is 2.20. The topological polar surface area (TPSA) is 118 Å². The molecule has 0 spiro atoms. The number of benzene rings is 1. The zero-order valence-corrected chi connectivity index (χ0v) is 15.7. The summed E-state index contributed by atoms with van der Waals surface area (Å²) in [7, 11) is 0. The molecule has 1 aliphatic carbocycles. The maximum atomic E-state index is 12.8. The van der Waals surface area contributed by atoms with Gasteiger partial charge in [0.1, 0.15) is 6.33 Å². The molecule has 9 nitrogen and oxygen atoms in total. The summed E-state index contributed by atoms with van der Waals surface area (Å²) in [5.74, 6) is 0.599. The zero-order valence-electron chi connectivity index (χ0n) is 15.7. The SMILES string of the molecule is CCn1ncnc1NC(=O)c1cccc2cnc(NC3CCC(O)CC3)nc12. The highest BCUT2D eigenvalue weighted by Crippen LogP contribution is 2.23. The quantitative estimate of drug-likeness (QED) is 0.620. The van der Waals surface area contributed by atoms with E-state index in [1.807, 2.05) is 13.0 Å². The van der Waals surface area contributed by atoms with Crippen LogP contribution in [0.2, 0.25) is 0 Å². The standard InChI is InChI=1S/C19H23N7O2/c1-2-26-19(21-11-22-26)25-17(28)15-5-3-4-12-10-20-18(24-16(12)15)23-13-6-8-14(27)9-7-13/h3-5,10-11,13-14,27H,2,6-9H2,1H3,(H,20,23,24)(H,21,22,25,28). The third-order valence-corrected chi connectivity index (χ3v) is 5.03. The summed E-state index contributed by atoms with van der Waals surface area (Å²) in [5.41, 5.74) is 1.03. The molecule has 3 N–H and O–H groups in total. The van der Waals surface area contributed by atoms with Crippen LogP contribution in [0, 0.1) is 0 Å². The Morgan fingerprint density at radius 2 is 2.07 bits per heavy atom. The molecule has 3 aromatic rings. The largest absolute Gasteiger partial charge is 0.393 e. The molecule has 0 aliphatic heterocycles. The summed E-state index contributed by atoms with van der Waals surface area (Å²) in [6.07, 6.45) is 6.21. The summed E-state index contributed by atoms with van der Waals surface area (Å²) in [6, 6.07) is 5.64. The molecule has 2 heterocycles. The Bertz CT molecular complexity index is 979. The number of aryl methyl sites for hydroxylation is 1. The Morgan fingerprint density at radius 1 is 1.25 bits per heavy atom. The number of amides is 1. The predicted molar refractivity (Wildman–Crippen MR) is 105 cm³/mol. The van der Waals surface area contributed by atoms with E-state index in [-0.39, 0.29) is 18.1 Å². The molecular weight excluding hydrogens is 358 g/mol. The Kier molecular flexibility index (Phi) is 5.16. The van der Waals surface area contributed by atoms with E-state index in [1.54, 1.807) is 23.0 Å². The van der Waals surface area contributed by atoms with E-state index >= 15 is 0 Å². The molecule has 2 aromatic heterocycles. The Morgan fingerprint density at radius 3 is 2.86 bits per heavy atom. The van der Waals surface area contributed by atoms with Crippen LogP contribution in [0.25, 0.3) is 10.9 Å². The number of hydrogen-bond acceptors (Lipinski definition) is 7. The molecule has 1 aromatic carbocycles. The van der Waals surface area contributed by atoms with Gasteiger partial charge in [0.25, 0.3) is 5.91 Å². The van der Waals surface area contributed by atoms with Gasteiger partial charge in [0.2, 0.25) is 11.9 Å². The van der Waals surface area contributed by atoms with Crippen LogP contribution in [0.5, 0.6) is 0 Å². The minimum Gasteiger partial charge on any atom is -0.393 e. The normalized spacial score (nSPS) is 19.5. The molecule has 1 amide bonds. The fourth-order valence-corrected chi connectivity index (χ4v) is 3.47. The Labute approximate surface area is 162 Å². The van der Waals surface area contributed by atoms with Crippen LogP contribution in [-0.4, -0.2) is 47.9 Å². The average Bonchev–Trinajstić information content (AvgIpc) is 3.16. The van der Waals surface area contributed by atoms with Gasteiger partial charge in [-0.1, -0.05) is 12.1 Å². The summed E-state index contributed by atoms with van der Waals surface area (Å²) in [4.78, 5) is 25.9. The van der Waals surface area contributed by atoms with E-state index in [1.165, 1.54) is 6.33 Å². The number of rotatable bonds is 5. The first-order chi connectivity index (χ1) is 13.6. The second-order valence-corrected chi connectivity index (χ2v) is 6.94. The molecule has 1 saturated carbocycles. The van der Waals surface area contributed by atoms with Gasteiger partial charge in [-0.25, -0.2) is 14.6 Å². The lowest BCUT2D eigenvalue weighted by molar-refractivity contribution is 0.102.